The monoisotopic (exact) mass is 194 g/mol. The Labute approximate surface area is 84.9 Å². The third-order valence-corrected chi connectivity index (χ3v) is 3.05. The quantitative estimate of drug-likeness (QED) is 0.648. The van der Waals surface area contributed by atoms with Gasteiger partial charge in [0, 0.05) is 25.1 Å². The predicted molar refractivity (Wildman–Crippen MR) is 55.7 cm³/mol. The summed E-state index contributed by atoms with van der Waals surface area (Å²) in [5, 5.41) is 6.31. The highest BCUT2D eigenvalue weighted by Gasteiger charge is 2.20. The number of rotatable bonds is 2. The van der Waals surface area contributed by atoms with Gasteiger partial charge in [-0.2, -0.15) is 0 Å². The van der Waals surface area contributed by atoms with Gasteiger partial charge in [0.2, 0.25) is 0 Å². The van der Waals surface area contributed by atoms with Crippen LogP contribution in [0, 0.1) is 5.92 Å². The van der Waals surface area contributed by atoms with Crippen molar-refractivity contribution >= 4 is 5.78 Å². The molecule has 0 atom stereocenters. The lowest BCUT2D eigenvalue weighted by atomic mass is 9.86. The second-order valence-electron chi connectivity index (χ2n) is 4.15. The highest BCUT2D eigenvalue weighted by Crippen LogP contribution is 2.24. The van der Waals surface area contributed by atoms with Crippen molar-refractivity contribution in [3.63, 3.8) is 0 Å². The van der Waals surface area contributed by atoms with E-state index in [1.807, 2.05) is 0 Å². The van der Waals surface area contributed by atoms with Gasteiger partial charge < -0.3 is 10.6 Å². The van der Waals surface area contributed by atoms with Gasteiger partial charge in [0.05, 0.1) is 0 Å². The van der Waals surface area contributed by atoms with Crippen molar-refractivity contribution in [3.8, 4) is 0 Å². The fraction of sp³-hybridized carbons (Fsp3) is 0.727. The zero-order valence-electron chi connectivity index (χ0n) is 8.51. The number of hydrogen-bond donors (Lipinski definition) is 2. The molecule has 1 aliphatic carbocycles. The molecule has 0 unspecified atom stereocenters. The van der Waals surface area contributed by atoms with Crippen LogP contribution in [0.25, 0.3) is 0 Å². The van der Waals surface area contributed by atoms with E-state index in [1.54, 1.807) is 6.08 Å². The molecule has 1 saturated heterocycles. The van der Waals surface area contributed by atoms with Crippen molar-refractivity contribution in [1.82, 2.24) is 10.6 Å². The SMILES string of the molecule is O=C(C=C1NCCN1)C1CCCCC1. The van der Waals surface area contributed by atoms with Crippen molar-refractivity contribution in [2.45, 2.75) is 32.1 Å². The fourth-order valence-corrected chi connectivity index (χ4v) is 2.21. The average Bonchev–Trinajstić information content (AvgIpc) is 2.72. The molecule has 3 nitrogen and oxygen atoms in total. The van der Waals surface area contributed by atoms with Crippen LogP contribution in [0.4, 0.5) is 0 Å². The summed E-state index contributed by atoms with van der Waals surface area (Å²) in [4.78, 5) is 11.8. The van der Waals surface area contributed by atoms with Crippen LogP contribution < -0.4 is 10.6 Å². The molecule has 2 rings (SSSR count). The van der Waals surface area contributed by atoms with Gasteiger partial charge in [-0.3, -0.25) is 4.79 Å². The summed E-state index contributed by atoms with van der Waals surface area (Å²) in [5.74, 6) is 1.52. The van der Waals surface area contributed by atoms with E-state index in [4.69, 9.17) is 0 Å². The highest BCUT2D eigenvalue weighted by atomic mass is 16.1. The van der Waals surface area contributed by atoms with E-state index >= 15 is 0 Å². The number of carbonyl (C=O) groups is 1. The van der Waals surface area contributed by atoms with E-state index < -0.39 is 0 Å². The second-order valence-corrected chi connectivity index (χ2v) is 4.15. The lowest BCUT2D eigenvalue weighted by molar-refractivity contribution is -0.119. The Hall–Kier alpha value is -0.990. The summed E-state index contributed by atoms with van der Waals surface area (Å²) in [6, 6.07) is 0. The van der Waals surface area contributed by atoms with E-state index in [0.717, 1.165) is 31.8 Å². The summed E-state index contributed by atoms with van der Waals surface area (Å²) in [7, 11) is 0. The van der Waals surface area contributed by atoms with Crippen LogP contribution in [0.1, 0.15) is 32.1 Å². The van der Waals surface area contributed by atoms with Gasteiger partial charge in [0.1, 0.15) is 5.82 Å². The van der Waals surface area contributed by atoms with E-state index in [-0.39, 0.29) is 0 Å². The van der Waals surface area contributed by atoms with Crippen molar-refractivity contribution in [3.05, 3.63) is 11.9 Å². The number of carbonyl (C=O) groups excluding carboxylic acids is 1. The molecule has 0 bridgehead atoms. The van der Waals surface area contributed by atoms with Gasteiger partial charge in [-0.1, -0.05) is 19.3 Å². The lowest BCUT2D eigenvalue weighted by Gasteiger charge is -2.18. The lowest BCUT2D eigenvalue weighted by Crippen LogP contribution is -2.19. The molecule has 14 heavy (non-hydrogen) atoms. The standard InChI is InChI=1S/C11H18N2O/c14-10(8-11-12-6-7-13-11)9-4-2-1-3-5-9/h8-9,12-13H,1-7H2. The van der Waals surface area contributed by atoms with E-state index in [2.05, 4.69) is 10.6 Å². The molecule has 0 radical (unpaired) electrons. The maximum Gasteiger partial charge on any atom is 0.162 e. The Kier molecular flexibility index (Phi) is 3.07. The predicted octanol–water partition coefficient (Wildman–Crippen LogP) is 1.17. The summed E-state index contributed by atoms with van der Waals surface area (Å²) >= 11 is 0. The van der Waals surface area contributed by atoms with Crippen LogP contribution in [0.15, 0.2) is 11.9 Å². The highest BCUT2D eigenvalue weighted by molar-refractivity contribution is 5.92. The maximum absolute atomic E-state index is 11.8. The molecule has 1 heterocycles. The van der Waals surface area contributed by atoms with Crippen molar-refractivity contribution < 1.29 is 4.79 Å². The average molecular weight is 194 g/mol. The normalized spacial score (nSPS) is 22.7. The molecular weight excluding hydrogens is 176 g/mol. The number of nitrogens with one attached hydrogen (secondary N) is 2. The molecule has 1 saturated carbocycles. The largest absolute Gasteiger partial charge is 0.370 e. The Morgan fingerprint density at radius 1 is 1.14 bits per heavy atom. The first-order chi connectivity index (χ1) is 6.86. The molecule has 0 spiro atoms. The maximum atomic E-state index is 11.8. The third kappa shape index (κ3) is 2.28. The number of hydrogen-bond acceptors (Lipinski definition) is 3. The van der Waals surface area contributed by atoms with Gasteiger partial charge in [0.25, 0.3) is 0 Å². The molecule has 1 aliphatic heterocycles. The molecule has 2 aliphatic rings. The number of ketones is 1. The Morgan fingerprint density at radius 3 is 2.43 bits per heavy atom. The first-order valence-electron chi connectivity index (χ1n) is 5.59. The topological polar surface area (TPSA) is 41.1 Å². The van der Waals surface area contributed by atoms with Gasteiger partial charge >= 0.3 is 0 Å². The van der Waals surface area contributed by atoms with Crippen LogP contribution in [0.2, 0.25) is 0 Å². The summed E-state index contributed by atoms with van der Waals surface area (Å²) in [6.45, 7) is 1.87. The minimum absolute atomic E-state index is 0.292. The second kappa shape index (κ2) is 4.49. The molecule has 2 fully saturated rings. The molecule has 3 heteroatoms. The zero-order chi connectivity index (χ0) is 9.80. The summed E-state index contributed by atoms with van der Waals surface area (Å²) < 4.78 is 0. The molecule has 0 amide bonds. The van der Waals surface area contributed by atoms with Gasteiger partial charge in [-0.05, 0) is 12.8 Å². The molecule has 2 N–H and O–H groups in total. The summed E-state index contributed by atoms with van der Waals surface area (Å²) in [5.41, 5.74) is 0. The fourth-order valence-electron chi connectivity index (χ4n) is 2.21. The minimum atomic E-state index is 0.292. The molecule has 0 aromatic carbocycles. The van der Waals surface area contributed by atoms with E-state index in [9.17, 15) is 4.79 Å². The van der Waals surface area contributed by atoms with E-state index in [1.165, 1.54) is 19.3 Å². The first kappa shape index (κ1) is 9.56. The Bertz CT molecular complexity index is 234. The summed E-state index contributed by atoms with van der Waals surface area (Å²) in [6.07, 6.45) is 7.67. The van der Waals surface area contributed by atoms with Crippen molar-refractivity contribution in [2.75, 3.05) is 13.1 Å². The molecule has 0 aromatic rings. The Balaban J connectivity index is 1.90. The van der Waals surface area contributed by atoms with E-state index in [0.29, 0.717) is 11.7 Å². The van der Waals surface area contributed by atoms with Crippen LogP contribution in [-0.2, 0) is 4.79 Å². The van der Waals surface area contributed by atoms with Gasteiger partial charge in [-0.25, -0.2) is 0 Å². The van der Waals surface area contributed by atoms with Crippen LogP contribution in [0.5, 0.6) is 0 Å². The molecular formula is C11H18N2O. The smallest absolute Gasteiger partial charge is 0.162 e. The van der Waals surface area contributed by atoms with Gasteiger partial charge in [-0.15, -0.1) is 0 Å². The third-order valence-electron chi connectivity index (χ3n) is 3.05. The van der Waals surface area contributed by atoms with Gasteiger partial charge in [0.15, 0.2) is 5.78 Å². The van der Waals surface area contributed by atoms with Crippen molar-refractivity contribution in [2.24, 2.45) is 5.92 Å². The Morgan fingerprint density at radius 2 is 1.79 bits per heavy atom. The minimum Gasteiger partial charge on any atom is -0.370 e. The molecule has 78 valence electrons. The van der Waals surface area contributed by atoms with Crippen LogP contribution >= 0.6 is 0 Å². The molecule has 0 aromatic heterocycles. The van der Waals surface area contributed by atoms with Crippen LogP contribution in [0.3, 0.4) is 0 Å². The number of allylic oxidation sites excluding steroid dienone is 1. The van der Waals surface area contributed by atoms with Crippen LogP contribution in [-0.4, -0.2) is 18.9 Å². The first-order valence-corrected chi connectivity index (χ1v) is 5.59. The zero-order valence-corrected chi connectivity index (χ0v) is 8.51. The van der Waals surface area contributed by atoms with Crippen molar-refractivity contribution in [1.29, 1.82) is 0 Å².